The monoisotopic (exact) mass is 606 g/mol. The van der Waals surface area contributed by atoms with E-state index in [1.54, 1.807) is 62.4 Å². The zero-order valence-corrected chi connectivity index (χ0v) is 25.1. The van der Waals surface area contributed by atoms with Gasteiger partial charge in [-0.05, 0) is 100 Å². The topological polar surface area (TPSA) is 124 Å². The van der Waals surface area contributed by atoms with Crippen LogP contribution < -0.4 is 9.47 Å². The zero-order chi connectivity index (χ0) is 32.2. The van der Waals surface area contributed by atoms with Crippen molar-refractivity contribution < 1.29 is 47.6 Å². The van der Waals surface area contributed by atoms with Crippen LogP contribution in [-0.4, -0.2) is 50.3 Å². The predicted octanol–water partition coefficient (Wildman–Crippen LogP) is 6.28. The minimum atomic E-state index is -0.546. The molecule has 0 fully saturated rings. The molecule has 0 unspecified atom stereocenters. The third-order valence-corrected chi connectivity index (χ3v) is 5.68. The second-order valence-electron chi connectivity index (χ2n) is 9.24. The molecule has 0 amide bonds. The maximum Gasteiger partial charge on any atom is 0.343 e. The van der Waals surface area contributed by atoms with Crippen molar-refractivity contribution in [3.8, 4) is 11.5 Å². The number of ether oxygens (including phenoxy) is 6. The number of allylic oxidation sites excluding steroid dienone is 4. The second-order valence-corrected chi connectivity index (χ2v) is 9.24. The number of benzene rings is 2. The molecule has 0 spiro atoms. The van der Waals surface area contributed by atoms with E-state index in [9.17, 15) is 19.2 Å². The average Bonchev–Trinajstić information content (AvgIpc) is 3.03. The molecule has 0 N–H and O–H groups in total. The Morgan fingerprint density at radius 1 is 0.568 bits per heavy atom. The molecule has 0 aliphatic heterocycles. The Balaban J connectivity index is 1.72. The summed E-state index contributed by atoms with van der Waals surface area (Å²) in [6.45, 7) is 11.4. The Morgan fingerprint density at radius 2 is 0.909 bits per heavy atom. The fourth-order valence-corrected chi connectivity index (χ4v) is 3.34. The van der Waals surface area contributed by atoms with E-state index in [0.29, 0.717) is 86.3 Å². The molecule has 0 saturated carbocycles. The number of hydrogen-bond donors (Lipinski definition) is 0. The van der Waals surface area contributed by atoms with Crippen LogP contribution in [0.25, 0.3) is 0 Å². The first-order valence-corrected chi connectivity index (χ1v) is 14.1. The van der Waals surface area contributed by atoms with Gasteiger partial charge in [0.15, 0.2) is 0 Å². The van der Waals surface area contributed by atoms with Crippen LogP contribution in [-0.2, 0) is 28.5 Å². The molecule has 2 rings (SSSR count). The summed E-state index contributed by atoms with van der Waals surface area (Å²) in [5, 5.41) is 0. The molecule has 2 aromatic carbocycles. The van der Waals surface area contributed by atoms with Gasteiger partial charge in [-0.15, -0.1) is 0 Å². The molecular weight excluding hydrogens is 568 g/mol. The van der Waals surface area contributed by atoms with Crippen molar-refractivity contribution in [2.24, 2.45) is 0 Å². The molecule has 0 aromatic heterocycles. The Morgan fingerprint density at radius 3 is 1.25 bits per heavy atom. The Hall–Kier alpha value is -5.12. The van der Waals surface area contributed by atoms with Gasteiger partial charge in [0.05, 0.1) is 37.6 Å². The van der Waals surface area contributed by atoms with Crippen molar-refractivity contribution >= 4 is 23.9 Å². The van der Waals surface area contributed by atoms with Gasteiger partial charge in [0, 0.05) is 12.2 Å². The van der Waals surface area contributed by atoms with Gasteiger partial charge in [-0.25, -0.2) is 19.2 Å². The van der Waals surface area contributed by atoms with Crippen LogP contribution in [0, 0.1) is 0 Å². The van der Waals surface area contributed by atoms with Crippen LogP contribution >= 0.6 is 0 Å². The molecule has 10 nitrogen and oxygen atoms in total. The SMILES string of the molecule is C=CC(=O)OCCCCOc1ccc(C(=O)O/C(C)=C/C=C(\C)OC(=O)c2ccc(OCCCCOC(=O)C=C)cc2)cc1. The normalized spacial score (nSPS) is 11.1. The van der Waals surface area contributed by atoms with E-state index >= 15 is 0 Å². The first-order chi connectivity index (χ1) is 21.2. The van der Waals surface area contributed by atoms with E-state index in [1.807, 2.05) is 0 Å². The average molecular weight is 607 g/mol. The Labute approximate surface area is 257 Å². The number of rotatable bonds is 19. The lowest BCUT2D eigenvalue weighted by atomic mass is 10.2. The summed E-state index contributed by atoms with van der Waals surface area (Å²) in [4.78, 5) is 46.9. The van der Waals surface area contributed by atoms with E-state index in [2.05, 4.69) is 13.2 Å². The summed E-state index contributed by atoms with van der Waals surface area (Å²) in [7, 11) is 0. The maximum absolute atomic E-state index is 12.5. The quantitative estimate of drug-likeness (QED) is 0.0450. The van der Waals surface area contributed by atoms with Crippen LogP contribution in [0.3, 0.4) is 0 Å². The highest BCUT2D eigenvalue weighted by Gasteiger charge is 2.10. The number of carbonyl (C=O) groups excluding carboxylic acids is 4. The van der Waals surface area contributed by atoms with Crippen LogP contribution in [0.4, 0.5) is 0 Å². The molecule has 0 aliphatic carbocycles. The molecule has 0 heterocycles. The fourth-order valence-electron chi connectivity index (χ4n) is 3.34. The molecule has 44 heavy (non-hydrogen) atoms. The van der Waals surface area contributed by atoms with Crippen molar-refractivity contribution in [2.45, 2.75) is 39.5 Å². The van der Waals surface area contributed by atoms with Crippen LogP contribution in [0.5, 0.6) is 11.5 Å². The van der Waals surface area contributed by atoms with Crippen LogP contribution in [0.2, 0.25) is 0 Å². The lowest BCUT2D eigenvalue weighted by Gasteiger charge is -2.08. The summed E-state index contributed by atoms with van der Waals surface area (Å²) in [6.07, 6.45) is 8.01. The zero-order valence-electron chi connectivity index (χ0n) is 25.1. The second kappa shape index (κ2) is 19.9. The van der Waals surface area contributed by atoms with Gasteiger partial charge in [0.1, 0.15) is 23.0 Å². The molecule has 0 radical (unpaired) electrons. The third-order valence-electron chi connectivity index (χ3n) is 5.68. The first-order valence-electron chi connectivity index (χ1n) is 14.1. The van der Waals surface area contributed by atoms with Gasteiger partial charge in [-0.2, -0.15) is 0 Å². The summed E-state index contributed by atoms with van der Waals surface area (Å²) in [6, 6.07) is 13.1. The minimum Gasteiger partial charge on any atom is -0.494 e. The number of esters is 4. The predicted molar refractivity (Wildman–Crippen MR) is 163 cm³/mol. The summed E-state index contributed by atoms with van der Waals surface area (Å²) in [5.41, 5.74) is 0.685. The van der Waals surface area contributed by atoms with Gasteiger partial charge in [0.25, 0.3) is 0 Å². The van der Waals surface area contributed by atoms with Crippen molar-refractivity contribution in [1.82, 2.24) is 0 Å². The molecule has 0 bridgehead atoms. The molecule has 234 valence electrons. The fraction of sp³-hybridized carbons (Fsp3) is 0.294. The smallest absolute Gasteiger partial charge is 0.343 e. The highest BCUT2D eigenvalue weighted by Crippen LogP contribution is 2.16. The molecule has 10 heteroatoms. The van der Waals surface area contributed by atoms with E-state index < -0.39 is 23.9 Å². The maximum atomic E-state index is 12.5. The molecular formula is C34H38O10. The van der Waals surface area contributed by atoms with Gasteiger partial charge >= 0.3 is 23.9 Å². The third kappa shape index (κ3) is 14.2. The molecule has 2 aromatic rings. The van der Waals surface area contributed by atoms with Crippen molar-refractivity contribution in [3.05, 3.63) is 109 Å². The number of carbonyl (C=O) groups is 4. The van der Waals surface area contributed by atoms with Gasteiger partial charge in [0.2, 0.25) is 0 Å². The minimum absolute atomic E-state index is 0.300. The highest BCUT2D eigenvalue weighted by atomic mass is 16.5. The van der Waals surface area contributed by atoms with E-state index in [4.69, 9.17) is 28.4 Å². The van der Waals surface area contributed by atoms with Gasteiger partial charge in [-0.1, -0.05) is 13.2 Å². The summed E-state index contributed by atoms with van der Waals surface area (Å²) in [5.74, 6) is -0.179. The van der Waals surface area contributed by atoms with Gasteiger partial charge < -0.3 is 28.4 Å². The summed E-state index contributed by atoms with van der Waals surface area (Å²) < 4.78 is 31.8. The lowest BCUT2D eigenvalue weighted by molar-refractivity contribution is -0.138. The Bertz CT molecular complexity index is 1220. The number of unbranched alkanes of at least 4 members (excludes halogenated alkanes) is 2. The first kappa shape index (κ1) is 35.1. The van der Waals surface area contributed by atoms with E-state index in [0.717, 1.165) is 12.2 Å². The van der Waals surface area contributed by atoms with Crippen molar-refractivity contribution in [1.29, 1.82) is 0 Å². The highest BCUT2D eigenvalue weighted by molar-refractivity contribution is 5.90. The Kier molecular flexibility index (Phi) is 15.9. The van der Waals surface area contributed by atoms with Crippen molar-refractivity contribution in [2.75, 3.05) is 26.4 Å². The van der Waals surface area contributed by atoms with Crippen LogP contribution in [0.15, 0.2) is 97.5 Å². The molecule has 0 saturated heterocycles. The summed E-state index contributed by atoms with van der Waals surface area (Å²) >= 11 is 0. The largest absolute Gasteiger partial charge is 0.494 e. The van der Waals surface area contributed by atoms with E-state index in [-0.39, 0.29) is 0 Å². The van der Waals surface area contributed by atoms with Gasteiger partial charge in [-0.3, -0.25) is 0 Å². The lowest BCUT2D eigenvalue weighted by Crippen LogP contribution is -2.06. The van der Waals surface area contributed by atoms with Crippen molar-refractivity contribution in [3.63, 3.8) is 0 Å². The molecule has 0 atom stereocenters. The standard InChI is InChI=1S/C34H38O10/c1-5-31(35)41-23-9-7-21-39-29-17-13-27(14-18-29)33(37)43-25(3)11-12-26(4)44-34(38)28-15-19-30(20-16-28)40-22-8-10-24-42-32(36)6-2/h5-6,11-20H,1-2,7-10,21-24H2,3-4H3/b25-11+,26-12+. The van der Waals surface area contributed by atoms with Crippen LogP contribution in [0.1, 0.15) is 60.2 Å². The number of hydrogen-bond acceptors (Lipinski definition) is 10. The van der Waals surface area contributed by atoms with E-state index in [1.165, 1.54) is 12.2 Å². The molecule has 0 aliphatic rings.